The van der Waals surface area contributed by atoms with Gasteiger partial charge in [0, 0.05) is 31.3 Å². The van der Waals surface area contributed by atoms with Crippen LogP contribution in [0.5, 0.6) is 0 Å². The number of nitrogens with zero attached hydrogens (tertiary/aromatic N) is 2. The van der Waals surface area contributed by atoms with E-state index in [0.29, 0.717) is 0 Å². The minimum absolute atomic E-state index is 0.0195. The summed E-state index contributed by atoms with van der Waals surface area (Å²) in [5, 5.41) is 0. The van der Waals surface area contributed by atoms with Gasteiger partial charge in [0.25, 0.3) is 0 Å². The fourth-order valence-corrected chi connectivity index (χ4v) is 2.46. The molecule has 2 aromatic rings. The molecule has 0 atom stereocenters. The third-order valence-corrected chi connectivity index (χ3v) is 3.74. The maximum Gasteiger partial charge on any atom is 0.244 e. The number of hydrogen-bond acceptors (Lipinski definition) is 5. The van der Waals surface area contributed by atoms with Gasteiger partial charge in [0.2, 0.25) is 10.0 Å². The zero-order valence-electron chi connectivity index (χ0n) is 9.45. The Labute approximate surface area is 105 Å². The van der Waals surface area contributed by atoms with Crippen LogP contribution in [0.25, 0.3) is 0 Å². The van der Waals surface area contributed by atoms with E-state index in [1.54, 1.807) is 24.5 Å². The van der Waals surface area contributed by atoms with E-state index in [1.165, 1.54) is 18.5 Å². The monoisotopic (exact) mass is 264 g/mol. The highest BCUT2D eigenvalue weighted by Gasteiger charge is 2.16. The van der Waals surface area contributed by atoms with Crippen LogP contribution in [0.3, 0.4) is 0 Å². The molecule has 6 nitrogen and oxygen atoms in total. The van der Waals surface area contributed by atoms with Crippen LogP contribution < -0.4 is 10.5 Å². The summed E-state index contributed by atoms with van der Waals surface area (Å²) in [5.41, 5.74) is 6.54. The molecule has 0 unspecified atom stereocenters. The smallest absolute Gasteiger partial charge is 0.244 e. The molecule has 0 radical (unpaired) electrons. The van der Waals surface area contributed by atoms with Crippen molar-refractivity contribution in [1.82, 2.24) is 14.7 Å². The van der Waals surface area contributed by atoms with Gasteiger partial charge in [-0.05, 0) is 17.7 Å². The molecule has 0 spiro atoms. The average molecular weight is 264 g/mol. The number of anilines is 1. The van der Waals surface area contributed by atoms with Crippen LogP contribution in [0.2, 0.25) is 0 Å². The molecule has 3 N–H and O–H groups in total. The number of nitrogens with two attached hydrogens (primary N) is 1. The topological polar surface area (TPSA) is 98.0 Å². The minimum Gasteiger partial charge on any atom is -0.398 e. The first kappa shape index (κ1) is 12.5. The van der Waals surface area contributed by atoms with Gasteiger partial charge in [0.05, 0.1) is 5.69 Å². The van der Waals surface area contributed by atoms with E-state index in [4.69, 9.17) is 5.73 Å². The van der Waals surface area contributed by atoms with Crippen molar-refractivity contribution >= 4 is 15.7 Å². The van der Waals surface area contributed by atoms with Crippen LogP contribution in [0.1, 0.15) is 5.56 Å². The lowest BCUT2D eigenvalue weighted by Gasteiger charge is -2.08. The Morgan fingerprint density at radius 1 is 1.17 bits per heavy atom. The van der Waals surface area contributed by atoms with Crippen LogP contribution >= 0.6 is 0 Å². The highest BCUT2D eigenvalue weighted by Crippen LogP contribution is 2.15. The molecule has 2 rings (SSSR count). The van der Waals surface area contributed by atoms with Crippen molar-refractivity contribution in [2.45, 2.75) is 11.4 Å². The molecule has 0 amide bonds. The van der Waals surface area contributed by atoms with Crippen molar-refractivity contribution in [1.29, 1.82) is 0 Å². The first-order chi connectivity index (χ1) is 8.59. The predicted octanol–water partition coefficient (Wildman–Crippen LogP) is 0.537. The molecule has 0 aliphatic heterocycles. The van der Waals surface area contributed by atoms with Crippen molar-refractivity contribution < 1.29 is 8.42 Å². The summed E-state index contributed by atoms with van der Waals surface area (Å²) in [6.45, 7) is 0.157. The Kier molecular flexibility index (Phi) is 3.54. The molecule has 0 bridgehead atoms. The van der Waals surface area contributed by atoms with E-state index in [0.717, 1.165) is 5.56 Å². The summed E-state index contributed by atoms with van der Waals surface area (Å²) in [6, 6.07) is 4.96. The molecule has 0 saturated heterocycles. The fraction of sp³-hybridized carbons (Fsp3) is 0.0909. The van der Waals surface area contributed by atoms with Gasteiger partial charge in [-0.2, -0.15) is 0 Å². The van der Waals surface area contributed by atoms with Gasteiger partial charge in [-0.15, -0.1) is 0 Å². The molecular weight excluding hydrogens is 252 g/mol. The zero-order valence-corrected chi connectivity index (χ0v) is 10.3. The van der Waals surface area contributed by atoms with Crippen LogP contribution in [-0.2, 0) is 16.6 Å². The van der Waals surface area contributed by atoms with Crippen LogP contribution in [-0.4, -0.2) is 18.4 Å². The molecule has 0 aromatic carbocycles. The largest absolute Gasteiger partial charge is 0.398 e. The number of nitrogen functional groups attached to an aromatic ring is 1. The Balaban J connectivity index is 2.16. The summed E-state index contributed by atoms with van der Waals surface area (Å²) in [4.78, 5) is 7.64. The number of aromatic nitrogens is 2. The van der Waals surface area contributed by atoms with Crippen LogP contribution in [0, 0.1) is 0 Å². The van der Waals surface area contributed by atoms with Crippen molar-refractivity contribution in [3.05, 3.63) is 48.5 Å². The molecule has 0 saturated carbocycles. The van der Waals surface area contributed by atoms with Gasteiger partial charge in [-0.3, -0.25) is 9.97 Å². The summed E-state index contributed by atoms with van der Waals surface area (Å²) in [5.74, 6) is 0. The van der Waals surface area contributed by atoms with E-state index in [2.05, 4.69) is 14.7 Å². The van der Waals surface area contributed by atoms with Gasteiger partial charge < -0.3 is 5.73 Å². The van der Waals surface area contributed by atoms with Crippen molar-refractivity contribution in [3.63, 3.8) is 0 Å². The third kappa shape index (κ3) is 2.82. The SMILES string of the molecule is Nc1ccncc1S(=O)(=O)NCc1cccnc1. The summed E-state index contributed by atoms with van der Waals surface area (Å²) >= 11 is 0. The van der Waals surface area contributed by atoms with E-state index >= 15 is 0 Å². The van der Waals surface area contributed by atoms with Gasteiger partial charge >= 0.3 is 0 Å². The van der Waals surface area contributed by atoms with E-state index in [1.807, 2.05) is 0 Å². The molecule has 7 heteroatoms. The molecule has 18 heavy (non-hydrogen) atoms. The number of sulfonamides is 1. The zero-order chi connectivity index (χ0) is 13.0. The molecular formula is C11H12N4O2S. The molecule has 94 valence electrons. The normalized spacial score (nSPS) is 11.3. The van der Waals surface area contributed by atoms with Gasteiger partial charge in [0.1, 0.15) is 4.90 Å². The van der Waals surface area contributed by atoms with E-state index in [-0.39, 0.29) is 17.1 Å². The first-order valence-corrected chi connectivity index (χ1v) is 6.66. The second-order valence-electron chi connectivity index (χ2n) is 3.60. The van der Waals surface area contributed by atoms with E-state index < -0.39 is 10.0 Å². The quantitative estimate of drug-likeness (QED) is 0.839. The van der Waals surface area contributed by atoms with Crippen molar-refractivity contribution in [2.24, 2.45) is 0 Å². The Morgan fingerprint density at radius 2 is 1.94 bits per heavy atom. The first-order valence-electron chi connectivity index (χ1n) is 5.17. The highest BCUT2D eigenvalue weighted by atomic mass is 32.2. The Bertz CT molecular complexity index is 629. The number of hydrogen-bond donors (Lipinski definition) is 2. The number of rotatable bonds is 4. The number of pyridine rings is 2. The fourth-order valence-electron chi connectivity index (χ4n) is 1.37. The molecule has 0 aliphatic rings. The summed E-state index contributed by atoms with van der Waals surface area (Å²) in [7, 11) is -3.65. The second kappa shape index (κ2) is 5.11. The van der Waals surface area contributed by atoms with Crippen LogP contribution in [0.15, 0.2) is 47.9 Å². The van der Waals surface area contributed by atoms with Crippen molar-refractivity contribution in [2.75, 3.05) is 5.73 Å². The lowest BCUT2D eigenvalue weighted by molar-refractivity contribution is 0.581. The second-order valence-corrected chi connectivity index (χ2v) is 5.33. The van der Waals surface area contributed by atoms with E-state index in [9.17, 15) is 8.42 Å². The lowest BCUT2D eigenvalue weighted by Crippen LogP contribution is -2.24. The van der Waals surface area contributed by atoms with Gasteiger partial charge in [-0.1, -0.05) is 6.07 Å². The van der Waals surface area contributed by atoms with Gasteiger partial charge in [0.15, 0.2) is 0 Å². The molecule has 0 aliphatic carbocycles. The molecule has 2 aromatic heterocycles. The maximum atomic E-state index is 12.0. The standard InChI is InChI=1S/C11H12N4O2S/c12-10-3-5-14-8-11(10)18(16,17)15-7-9-2-1-4-13-6-9/h1-6,8,15H,7H2,(H2,12,14). The van der Waals surface area contributed by atoms with Crippen molar-refractivity contribution in [3.8, 4) is 0 Å². The summed E-state index contributed by atoms with van der Waals surface area (Å²) < 4.78 is 26.4. The Morgan fingerprint density at radius 3 is 2.61 bits per heavy atom. The maximum absolute atomic E-state index is 12.0. The highest BCUT2D eigenvalue weighted by molar-refractivity contribution is 7.89. The minimum atomic E-state index is -3.65. The van der Waals surface area contributed by atoms with Gasteiger partial charge in [-0.25, -0.2) is 13.1 Å². The Hall–Kier alpha value is -1.99. The summed E-state index contributed by atoms with van der Waals surface area (Å²) in [6.07, 6.45) is 5.88. The molecule has 2 heterocycles. The lowest BCUT2D eigenvalue weighted by atomic mass is 10.3. The third-order valence-electron chi connectivity index (χ3n) is 2.30. The molecule has 0 fully saturated rings. The average Bonchev–Trinajstić information content (AvgIpc) is 2.38. The number of nitrogens with one attached hydrogen (secondary N) is 1. The predicted molar refractivity (Wildman–Crippen MR) is 66.9 cm³/mol. The van der Waals surface area contributed by atoms with Crippen LogP contribution in [0.4, 0.5) is 5.69 Å².